The Morgan fingerprint density at radius 3 is 1.75 bits per heavy atom. The van der Waals surface area contributed by atoms with Crippen molar-refractivity contribution < 1.29 is 4.74 Å². The van der Waals surface area contributed by atoms with Crippen molar-refractivity contribution in [3.63, 3.8) is 0 Å². The van der Waals surface area contributed by atoms with Crippen molar-refractivity contribution in [2.75, 3.05) is 7.11 Å². The lowest BCUT2D eigenvalue weighted by molar-refractivity contribution is 0.409. The highest BCUT2D eigenvalue weighted by Gasteiger charge is 2.24. The molecule has 0 unspecified atom stereocenters. The molecule has 0 fully saturated rings. The van der Waals surface area contributed by atoms with Gasteiger partial charge in [0.2, 0.25) is 0 Å². The molecule has 4 nitrogen and oxygen atoms in total. The maximum absolute atomic E-state index is 6.15. The fourth-order valence-electron chi connectivity index (χ4n) is 7.52. The van der Waals surface area contributed by atoms with E-state index < -0.39 is 0 Å². The molecule has 7 rings (SSSR count). The van der Waals surface area contributed by atoms with E-state index in [1.165, 1.54) is 27.8 Å². The Kier molecular flexibility index (Phi) is 10.1. The summed E-state index contributed by atoms with van der Waals surface area (Å²) in [5.41, 5.74) is 16.3. The van der Waals surface area contributed by atoms with Crippen LogP contribution in [0.25, 0.3) is 61.8 Å². The number of imidazole rings is 1. The Hall–Kier alpha value is -5.48. The van der Waals surface area contributed by atoms with Crippen LogP contribution in [-0.4, -0.2) is 21.5 Å². The van der Waals surface area contributed by atoms with Crippen LogP contribution in [0.1, 0.15) is 103 Å². The average Bonchev–Trinajstić information content (AvgIpc) is 3.57. The van der Waals surface area contributed by atoms with Crippen molar-refractivity contribution in [1.29, 1.82) is 0 Å². The van der Waals surface area contributed by atoms with Crippen LogP contribution in [0.3, 0.4) is 0 Å². The summed E-state index contributed by atoms with van der Waals surface area (Å²) in [4.78, 5) is 10.8. The van der Waals surface area contributed by atoms with E-state index in [2.05, 4.69) is 195 Å². The number of aromatic nitrogens is 3. The first kappa shape index (κ1) is 37.8. The van der Waals surface area contributed by atoms with Crippen LogP contribution < -0.4 is 4.74 Å². The molecule has 4 aromatic carbocycles. The molecule has 3 aromatic heterocycles. The van der Waals surface area contributed by atoms with Crippen LogP contribution in [0, 0.1) is 0 Å². The van der Waals surface area contributed by atoms with Gasteiger partial charge in [-0.05, 0) is 86.4 Å². The summed E-state index contributed by atoms with van der Waals surface area (Å²) >= 11 is 0. The van der Waals surface area contributed by atoms with Crippen LogP contribution in [-0.2, 0) is 10.8 Å². The number of pyridine rings is 2. The van der Waals surface area contributed by atoms with Gasteiger partial charge >= 0.3 is 0 Å². The monoisotopic (exact) mass is 725 g/mol. The van der Waals surface area contributed by atoms with E-state index in [0.717, 1.165) is 62.0 Å². The molecule has 0 saturated carbocycles. The van der Waals surface area contributed by atoms with E-state index in [0.29, 0.717) is 11.8 Å². The lowest BCUT2D eigenvalue weighted by atomic mass is 9.79. The Labute approximate surface area is 328 Å². The number of rotatable bonds is 8. The predicted molar refractivity (Wildman–Crippen MR) is 232 cm³/mol. The fourth-order valence-corrected chi connectivity index (χ4v) is 7.52. The highest BCUT2D eigenvalue weighted by Crippen LogP contribution is 2.42. The van der Waals surface area contributed by atoms with Crippen LogP contribution in [0.2, 0.25) is 0 Å². The second-order valence-corrected chi connectivity index (χ2v) is 17.6. The minimum atomic E-state index is -0.0160. The second kappa shape index (κ2) is 14.6. The van der Waals surface area contributed by atoms with E-state index in [1.54, 1.807) is 7.11 Å². The van der Waals surface area contributed by atoms with Crippen LogP contribution >= 0.6 is 0 Å². The van der Waals surface area contributed by atoms with Crippen molar-refractivity contribution >= 4 is 5.65 Å². The van der Waals surface area contributed by atoms with E-state index >= 15 is 0 Å². The number of hydrogen-bond donors (Lipinski definition) is 0. The maximum Gasteiger partial charge on any atom is 0.141 e. The Balaban J connectivity index is 1.49. The molecule has 0 radical (unpaired) electrons. The summed E-state index contributed by atoms with van der Waals surface area (Å²) in [6, 6.07) is 41.7. The highest BCUT2D eigenvalue weighted by atomic mass is 16.5. The van der Waals surface area contributed by atoms with Gasteiger partial charge < -0.3 is 4.74 Å². The van der Waals surface area contributed by atoms with Crippen molar-refractivity contribution in [3.05, 3.63) is 144 Å². The molecular weight excluding hydrogens is 671 g/mol. The van der Waals surface area contributed by atoms with E-state index in [1.807, 2.05) is 0 Å². The standard InChI is InChI=1S/C51H55N3O/c1-32(2)41-22-16-23-43(48(41)55-11)45-30-38(37-27-39(50(5,6)7)31-40(28-37)51(8,9)10)29-44(52-45)35-20-15-21-36(26-35)46-47(34-18-13-12-14-19-34)54-25-17-24-42(33(3)4)49(54)53-46/h12-33H,1-11H3. The summed E-state index contributed by atoms with van der Waals surface area (Å²) in [5.74, 6) is 1.51. The normalized spacial score (nSPS) is 12.2. The second-order valence-electron chi connectivity index (χ2n) is 17.6. The van der Waals surface area contributed by atoms with E-state index in [4.69, 9.17) is 14.7 Å². The summed E-state index contributed by atoms with van der Waals surface area (Å²) in [7, 11) is 1.77. The largest absolute Gasteiger partial charge is 0.496 e. The highest BCUT2D eigenvalue weighted by molar-refractivity contribution is 5.86. The summed E-state index contributed by atoms with van der Waals surface area (Å²) < 4.78 is 8.40. The number of benzene rings is 4. The van der Waals surface area contributed by atoms with Gasteiger partial charge in [-0.25, -0.2) is 9.97 Å². The molecule has 0 spiro atoms. The number of fused-ring (bicyclic) bond motifs is 1. The molecule has 280 valence electrons. The molecule has 0 saturated heterocycles. The smallest absolute Gasteiger partial charge is 0.141 e. The first-order valence-corrected chi connectivity index (χ1v) is 19.7. The molecule has 4 heteroatoms. The Morgan fingerprint density at radius 2 is 1.11 bits per heavy atom. The first-order valence-electron chi connectivity index (χ1n) is 19.7. The summed E-state index contributed by atoms with van der Waals surface area (Å²) in [5, 5.41) is 0. The summed E-state index contributed by atoms with van der Waals surface area (Å²) in [6.45, 7) is 22.7. The van der Waals surface area contributed by atoms with Crippen LogP contribution in [0.4, 0.5) is 0 Å². The van der Waals surface area contributed by atoms with Gasteiger partial charge in [0.05, 0.1) is 29.9 Å². The van der Waals surface area contributed by atoms with Crippen molar-refractivity contribution in [1.82, 2.24) is 14.4 Å². The average molecular weight is 726 g/mol. The third-order valence-corrected chi connectivity index (χ3v) is 10.8. The van der Waals surface area contributed by atoms with Gasteiger partial charge in [-0.2, -0.15) is 0 Å². The lowest BCUT2D eigenvalue weighted by Crippen LogP contribution is -2.16. The first-order chi connectivity index (χ1) is 26.1. The van der Waals surface area contributed by atoms with Gasteiger partial charge in [0.25, 0.3) is 0 Å². The third-order valence-electron chi connectivity index (χ3n) is 10.8. The minimum absolute atomic E-state index is 0.0160. The van der Waals surface area contributed by atoms with Crippen LogP contribution in [0.5, 0.6) is 5.75 Å². The van der Waals surface area contributed by atoms with Gasteiger partial charge in [-0.3, -0.25) is 4.40 Å². The van der Waals surface area contributed by atoms with E-state index in [9.17, 15) is 0 Å². The zero-order chi connectivity index (χ0) is 39.2. The Bertz CT molecular complexity index is 2460. The van der Waals surface area contributed by atoms with Gasteiger partial charge in [-0.1, -0.05) is 154 Å². The molecule has 3 heterocycles. The van der Waals surface area contributed by atoms with Gasteiger partial charge in [-0.15, -0.1) is 0 Å². The molecule has 0 atom stereocenters. The molecule has 7 aromatic rings. The number of nitrogens with zero attached hydrogens (tertiary/aromatic N) is 3. The number of para-hydroxylation sites is 1. The molecule has 0 aliphatic rings. The van der Waals surface area contributed by atoms with Crippen LogP contribution in [0.15, 0.2) is 121 Å². The molecule has 0 aliphatic heterocycles. The van der Waals surface area contributed by atoms with Crippen molar-refractivity contribution in [2.24, 2.45) is 0 Å². The SMILES string of the molecule is COc1c(-c2cc(-c3cc(C(C)(C)C)cc(C(C)(C)C)c3)cc(-c3cccc(-c4nc5c(C(C)C)cccn5c4-c4ccccc4)c3)n2)cccc1C(C)C. The minimum Gasteiger partial charge on any atom is -0.496 e. The van der Waals surface area contributed by atoms with Gasteiger partial charge in [0, 0.05) is 28.5 Å². The quantitative estimate of drug-likeness (QED) is 0.157. The predicted octanol–water partition coefficient (Wildman–Crippen LogP) is 13.9. The number of methoxy groups -OCH3 is 1. The summed E-state index contributed by atoms with van der Waals surface area (Å²) in [6.07, 6.45) is 2.14. The van der Waals surface area contributed by atoms with Gasteiger partial charge in [0.15, 0.2) is 0 Å². The fraction of sp³-hybridized carbons (Fsp3) is 0.294. The number of hydrogen-bond acceptors (Lipinski definition) is 3. The molecule has 0 amide bonds. The molecule has 55 heavy (non-hydrogen) atoms. The third kappa shape index (κ3) is 7.48. The zero-order valence-corrected chi connectivity index (χ0v) is 34.5. The molecule has 0 N–H and O–H groups in total. The molecule has 0 aliphatic carbocycles. The van der Waals surface area contributed by atoms with Crippen molar-refractivity contribution in [3.8, 4) is 61.9 Å². The lowest BCUT2D eigenvalue weighted by Gasteiger charge is -2.26. The topological polar surface area (TPSA) is 39.4 Å². The van der Waals surface area contributed by atoms with E-state index in [-0.39, 0.29) is 10.8 Å². The molecular formula is C51H55N3O. The van der Waals surface area contributed by atoms with Gasteiger partial charge in [0.1, 0.15) is 11.4 Å². The zero-order valence-electron chi connectivity index (χ0n) is 34.5. The molecule has 0 bridgehead atoms. The Morgan fingerprint density at radius 1 is 0.527 bits per heavy atom. The number of ether oxygens (including phenoxy) is 1. The van der Waals surface area contributed by atoms with Crippen molar-refractivity contribution in [2.45, 2.75) is 91.9 Å². The maximum atomic E-state index is 6.15.